The van der Waals surface area contributed by atoms with Gasteiger partial charge in [-0.2, -0.15) is 0 Å². The smallest absolute Gasteiger partial charge is 0.310 e. The van der Waals surface area contributed by atoms with Crippen LogP contribution >= 0.6 is 11.8 Å². The Morgan fingerprint density at radius 3 is 2.96 bits per heavy atom. The minimum Gasteiger partial charge on any atom is -0.459 e. The minimum absolute atomic E-state index is 0.0350. The summed E-state index contributed by atoms with van der Waals surface area (Å²) >= 11 is 1.91. The minimum atomic E-state index is -0.107. The van der Waals surface area contributed by atoms with E-state index in [4.69, 9.17) is 4.74 Å². The number of thioether (sulfide) groups is 1. The topological polar surface area (TPSA) is 42.4 Å². The highest BCUT2D eigenvalue weighted by molar-refractivity contribution is 7.99. The Morgan fingerprint density at radius 1 is 1.30 bits per heavy atom. The van der Waals surface area contributed by atoms with Crippen LogP contribution in [0.5, 0.6) is 0 Å². The van der Waals surface area contributed by atoms with Crippen LogP contribution in [-0.2, 0) is 22.7 Å². The lowest BCUT2D eigenvalue weighted by Gasteiger charge is -2.16. The zero-order valence-electron chi connectivity index (χ0n) is 16.1. The van der Waals surface area contributed by atoms with Gasteiger partial charge in [0.15, 0.2) is 0 Å². The summed E-state index contributed by atoms with van der Waals surface area (Å²) in [5, 5.41) is 0. The second kappa shape index (κ2) is 9.90. The number of likely N-dealkylation sites (tertiary alicyclic amines) is 1. The molecule has 2 heterocycles. The summed E-state index contributed by atoms with van der Waals surface area (Å²) in [6, 6.07) is 14.4. The van der Waals surface area contributed by atoms with Crippen molar-refractivity contribution in [3.8, 4) is 0 Å². The van der Waals surface area contributed by atoms with E-state index in [2.05, 4.69) is 48.0 Å². The zero-order valence-corrected chi connectivity index (χ0v) is 17.0. The third-order valence-electron chi connectivity index (χ3n) is 4.58. The van der Waals surface area contributed by atoms with Crippen molar-refractivity contribution in [3.63, 3.8) is 0 Å². The molecule has 0 bridgehead atoms. The Labute approximate surface area is 166 Å². The average Bonchev–Trinajstić information content (AvgIpc) is 3.14. The van der Waals surface area contributed by atoms with Crippen molar-refractivity contribution in [1.29, 1.82) is 0 Å². The molecule has 1 aromatic heterocycles. The Morgan fingerprint density at radius 2 is 2.19 bits per heavy atom. The summed E-state index contributed by atoms with van der Waals surface area (Å²) in [5.41, 5.74) is 2.10. The van der Waals surface area contributed by atoms with E-state index in [9.17, 15) is 4.79 Å². The van der Waals surface area contributed by atoms with Gasteiger partial charge in [0.1, 0.15) is 6.61 Å². The van der Waals surface area contributed by atoms with Crippen molar-refractivity contribution in [3.05, 3.63) is 59.9 Å². The first-order valence-corrected chi connectivity index (χ1v) is 10.6. The standard InChI is InChI=1S/C22H28N2O2S/c1-17(2)16-27-21-8-5-6-18(12-21)13-24-11-9-19(14-24)22(25)26-15-20-7-3-4-10-23-20/h3-8,10,12,17,19H,9,11,13-16H2,1-2H3. The van der Waals surface area contributed by atoms with Gasteiger partial charge in [0, 0.05) is 29.9 Å². The summed E-state index contributed by atoms with van der Waals surface area (Å²) in [4.78, 5) is 20.2. The molecule has 0 saturated carbocycles. The number of hydrogen-bond donors (Lipinski definition) is 0. The van der Waals surface area contributed by atoms with Crippen LogP contribution in [0.1, 0.15) is 31.5 Å². The molecule has 1 atom stereocenters. The van der Waals surface area contributed by atoms with Crippen LogP contribution in [0.4, 0.5) is 0 Å². The summed E-state index contributed by atoms with van der Waals surface area (Å²) < 4.78 is 5.45. The van der Waals surface area contributed by atoms with E-state index >= 15 is 0 Å². The highest BCUT2D eigenvalue weighted by Crippen LogP contribution is 2.24. The molecule has 1 fully saturated rings. The van der Waals surface area contributed by atoms with Crippen LogP contribution in [0.2, 0.25) is 0 Å². The molecule has 0 spiro atoms. The summed E-state index contributed by atoms with van der Waals surface area (Å²) in [5.74, 6) is 1.68. The van der Waals surface area contributed by atoms with Crippen LogP contribution in [0, 0.1) is 11.8 Å². The number of rotatable bonds is 8. The summed E-state index contributed by atoms with van der Waals surface area (Å²) in [7, 11) is 0. The number of aromatic nitrogens is 1. The fourth-order valence-electron chi connectivity index (χ4n) is 3.17. The lowest BCUT2D eigenvalue weighted by atomic mass is 10.1. The molecule has 144 valence electrons. The first-order valence-electron chi connectivity index (χ1n) is 9.61. The van der Waals surface area contributed by atoms with Crippen molar-refractivity contribution >= 4 is 17.7 Å². The second-order valence-electron chi connectivity index (χ2n) is 7.50. The molecule has 1 aromatic carbocycles. The fourth-order valence-corrected chi connectivity index (χ4v) is 4.11. The molecular formula is C22H28N2O2S. The lowest BCUT2D eigenvalue weighted by Crippen LogP contribution is -2.24. The largest absolute Gasteiger partial charge is 0.459 e. The fraction of sp³-hybridized carbons (Fsp3) is 0.455. The van der Waals surface area contributed by atoms with Crippen LogP contribution in [0.15, 0.2) is 53.6 Å². The SMILES string of the molecule is CC(C)CSc1cccc(CN2CCC(C(=O)OCc3ccccn3)C2)c1. The first kappa shape index (κ1) is 19.9. The van der Waals surface area contributed by atoms with Gasteiger partial charge in [-0.1, -0.05) is 32.0 Å². The number of carbonyl (C=O) groups excluding carboxylic acids is 1. The van der Waals surface area contributed by atoms with E-state index in [1.165, 1.54) is 10.5 Å². The van der Waals surface area contributed by atoms with Gasteiger partial charge in [-0.25, -0.2) is 0 Å². The molecule has 1 aliphatic rings. The van der Waals surface area contributed by atoms with Gasteiger partial charge >= 0.3 is 5.97 Å². The lowest BCUT2D eigenvalue weighted by molar-refractivity contribution is -0.149. The normalized spacial score (nSPS) is 17.4. The monoisotopic (exact) mass is 384 g/mol. The van der Waals surface area contributed by atoms with Gasteiger partial charge in [0.2, 0.25) is 0 Å². The van der Waals surface area contributed by atoms with Crippen LogP contribution < -0.4 is 0 Å². The summed E-state index contributed by atoms with van der Waals surface area (Å²) in [6.45, 7) is 7.34. The van der Waals surface area contributed by atoms with E-state index in [1.807, 2.05) is 30.0 Å². The van der Waals surface area contributed by atoms with E-state index in [1.54, 1.807) is 6.20 Å². The molecule has 1 unspecified atom stereocenters. The van der Waals surface area contributed by atoms with Crippen molar-refractivity contribution in [1.82, 2.24) is 9.88 Å². The molecule has 0 N–H and O–H groups in total. The molecule has 0 aliphatic carbocycles. The molecular weight excluding hydrogens is 356 g/mol. The number of esters is 1. The van der Waals surface area contributed by atoms with Crippen LogP contribution in [0.25, 0.3) is 0 Å². The Hall–Kier alpha value is -1.85. The van der Waals surface area contributed by atoms with E-state index in [-0.39, 0.29) is 18.5 Å². The predicted octanol–water partition coefficient (Wildman–Crippen LogP) is 4.40. The van der Waals surface area contributed by atoms with Gasteiger partial charge in [-0.15, -0.1) is 11.8 Å². The number of hydrogen-bond acceptors (Lipinski definition) is 5. The number of pyridine rings is 1. The Kier molecular flexibility index (Phi) is 7.30. The van der Waals surface area contributed by atoms with Crippen molar-refractivity contribution in [2.75, 3.05) is 18.8 Å². The van der Waals surface area contributed by atoms with E-state index < -0.39 is 0 Å². The summed E-state index contributed by atoms with van der Waals surface area (Å²) in [6.07, 6.45) is 2.58. The number of benzene rings is 1. The number of ether oxygens (including phenoxy) is 1. The Balaban J connectivity index is 1.46. The van der Waals surface area contributed by atoms with Crippen molar-refractivity contribution in [2.24, 2.45) is 11.8 Å². The van der Waals surface area contributed by atoms with Gasteiger partial charge in [-0.05, 0) is 48.7 Å². The maximum atomic E-state index is 12.3. The van der Waals surface area contributed by atoms with Crippen molar-refractivity contribution in [2.45, 2.75) is 38.3 Å². The highest BCUT2D eigenvalue weighted by Gasteiger charge is 2.29. The predicted molar refractivity (Wildman–Crippen MR) is 109 cm³/mol. The third-order valence-corrected chi connectivity index (χ3v) is 6.00. The number of nitrogens with zero attached hydrogens (tertiary/aromatic N) is 2. The first-order chi connectivity index (χ1) is 13.1. The average molecular weight is 385 g/mol. The van der Waals surface area contributed by atoms with Crippen LogP contribution in [0.3, 0.4) is 0 Å². The van der Waals surface area contributed by atoms with Gasteiger partial charge < -0.3 is 4.74 Å². The molecule has 27 heavy (non-hydrogen) atoms. The van der Waals surface area contributed by atoms with E-state index in [0.29, 0.717) is 5.92 Å². The number of carbonyl (C=O) groups is 1. The molecule has 1 saturated heterocycles. The van der Waals surface area contributed by atoms with Gasteiger partial charge in [0.05, 0.1) is 11.6 Å². The molecule has 2 aromatic rings. The van der Waals surface area contributed by atoms with E-state index in [0.717, 1.165) is 37.5 Å². The van der Waals surface area contributed by atoms with Gasteiger partial charge in [-0.3, -0.25) is 14.7 Å². The Bertz CT molecular complexity index is 736. The molecule has 0 radical (unpaired) electrons. The molecule has 4 nitrogen and oxygen atoms in total. The zero-order chi connectivity index (χ0) is 19.1. The van der Waals surface area contributed by atoms with Gasteiger partial charge in [0.25, 0.3) is 0 Å². The molecule has 1 aliphatic heterocycles. The molecule has 0 amide bonds. The maximum Gasteiger partial charge on any atom is 0.310 e. The van der Waals surface area contributed by atoms with Crippen molar-refractivity contribution < 1.29 is 9.53 Å². The highest BCUT2D eigenvalue weighted by atomic mass is 32.2. The maximum absolute atomic E-state index is 12.3. The quantitative estimate of drug-likeness (QED) is 0.499. The second-order valence-corrected chi connectivity index (χ2v) is 8.60. The molecule has 5 heteroatoms. The molecule has 3 rings (SSSR count). The third kappa shape index (κ3) is 6.36. The van der Waals surface area contributed by atoms with Crippen LogP contribution in [-0.4, -0.2) is 34.7 Å².